The number of likely N-dealkylation sites (tertiary alicyclic amines) is 1. The van der Waals surface area contributed by atoms with E-state index >= 15 is 0 Å². The van der Waals surface area contributed by atoms with E-state index in [0.29, 0.717) is 32.5 Å². The maximum atomic E-state index is 13.3. The topological polar surface area (TPSA) is 71.0 Å². The molecule has 6 nitrogen and oxygen atoms in total. The molecule has 8 heteroatoms. The lowest BCUT2D eigenvalue weighted by Crippen LogP contribution is -2.41. The van der Waals surface area contributed by atoms with Crippen LogP contribution >= 0.6 is 0 Å². The van der Waals surface area contributed by atoms with E-state index in [2.05, 4.69) is 10.2 Å². The Bertz CT molecular complexity index is 632. The van der Waals surface area contributed by atoms with E-state index < -0.39 is 11.8 Å². The van der Waals surface area contributed by atoms with Crippen LogP contribution in [0.4, 0.5) is 8.78 Å². The molecule has 0 radical (unpaired) electrons. The Morgan fingerprint density at radius 2 is 2.04 bits per heavy atom. The Morgan fingerprint density at radius 1 is 1.35 bits per heavy atom. The Labute approximate surface area is 132 Å². The van der Waals surface area contributed by atoms with Crippen molar-refractivity contribution < 1.29 is 13.6 Å². The molecule has 1 aliphatic carbocycles. The molecule has 1 unspecified atom stereocenters. The highest BCUT2D eigenvalue weighted by Gasteiger charge is 2.44. The zero-order valence-electron chi connectivity index (χ0n) is 13.2. The molecular formula is C15H22F2N4O2. The van der Waals surface area contributed by atoms with Crippen LogP contribution in [-0.2, 0) is 11.3 Å². The average Bonchev–Trinajstić information content (AvgIpc) is 3.09. The van der Waals surface area contributed by atoms with Gasteiger partial charge in [-0.3, -0.25) is 9.36 Å². The van der Waals surface area contributed by atoms with Crippen LogP contribution in [-0.4, -0.2) is 44.6 Å². The number of carbonyl (C=O) groups excluding carboxylic acids is 1. The second kappa shape index (κ2) is 6.05. The fraction of sp³-hybridized carbons (Fsp3) is 0.800. The summed E-state index contributed by atoms with van der Waals surface area (Å²) in [6, 6.07) is 0. The minimum absolute atomic E-state index is 0.128. The molecule has 1 aliphatic heterocycles. The van der Waals surface area contributed by atoms with Gasteiger partial charge >= 0.3 is 5.69 Å². The van der Waals surface area contributed by atoms with E-state index in [4.69, 9.17) is 0 Å². The molecule has 0 bridgehead atoms. The van der Waals surface area contributed by atoms with Crippen molar-refractivity contribution >= 4 is 5.91 Å². The molecule has 1 atom stereocenters. The van der Waals surface area contributed by atoms with Gasteiger partial charge in [-0.05, 0) is 26.2 Å². The lowest BCUT2D eigenvalue weighted by molar-refractivity contribution is -0.137. The van der Waals surface area contributed by atoms with Gasteiger partial charge in [0.25, 0.3) is 0 Å². The maximum absolute atomic E-state index is 13.3. The number of hydrogen-bond donors (Lipinski definition) is 1. The zero-order chi connectivity index (χ0) is 16.6. The van der Waals surface area contributed by atoms with Gasteiger partial charge in [0.15, 0.2) is 0 Å². The minimum atomic E-state index is -2.69. The van der Waals surface area contributed by atoms with Crippen molar-refractivity contribution in [2.75, 3.05) is 13.1 Å². The van der Waals surface area contributed by atoms with Gasteiger partial charge in [-0.2, -0.15) is 5.10 Å². The predicted octanol–water partition coefficient (Wildman–Crippen LogP) is 1.73. The molecule has 0 aromatic carbocycles. The van der Waals surface area contributed by atoms with E-state index in [1.165, 1.54) is 0 Å². The van der Waals surface area contributed by atoms with Crippen LogP contribution in [0.25, 0.3) is 0 Å². The van der Waals surface area contributed by atoms with Crippen molar-refractivity contribution in [3.63, 3.8) is 0 Å². The number of rotatable bonds is 3. The van der Waals surface area contributed by atoms with Crippen molar-refractivity contribution in [1.29, 1.82) is 0 Å². The number of H-pyrrole nitrogens is 1. The first-order valence-electron chi connectivity index (χ1n) is 8.23. The zero-order valence-corrected chi connectivity index (χ0v) is 13.2. The number of alkyl halides is 2. The van der Waals surface area contributed by atoms with Gasteiger partial charge in [0, 0.05) is 44.3 Å². The van der Waals surface area contributed by atoms with Crippen molar-refractivity contribution in [2.24, 2.45) is 5.92 Å². The standard InChI is InChI=1S/C15H22F2N4O2/c1-2-21-12(18-19-14(21)23)10-4-7-20(8-5-10)13(22)11-3-6-15(16,17)9-11/h10-11H,2-9H2,1H3,(H,19,23). The van der Waals surface area contributed by atoms with Crippen LogP contribution in [0.15, 0.2) is 4.79 Å². The van der Waals surface area contributed by atoms with Crippen LogP contribution in [0, 0.1) is 5.92 Å². The molecule has 1 saturated carbocycles. The van der Waals surface area contributed by atoms with E-state index in [0.717, 1.165) is 5.82 Å². The summed E-state index contributed by atoms with van der Waals surface area (Å²) in [5.74, 6) is -2.51. The number of halogens is 2. The summed E-state index contributed by atoms with van der Waals surface area (Å²) in [6.07, 6.45) is 1.19. The number of nitrogens with zero attached hydrogens (tertiary/aromatic N) is 3. The lowest BCUT2D eigenvalue weighted by atomic mass is 9.94. The molecule has 2 fully saturated rings. The lowest BCUT2D eigenvalue weighted by Gasteiger charge is -2.33. The molecule has 1 amide bonds. The third kappa shape index (κ3) is 3.16. The highest BCUT2D eigenvalue weighted by atomic mass is 19.3. The first-order valence-corrected chi connectivity index (χ1v) is 8.23. The Hall–Kier alpha value is -1.73. The highest BCUT2D eigenvalue weighted by Crippen LogP contribution is 2.40. The molecule has 1 N–H and O–H groups in total. The molecule has 0 spiro atoms. The number of aromatic nitrogens is 3. The van der Waals surface area contributed by atoms with Crippen LogP contribution in [0.5, 0.6) is 0 Å². The SMILES string of the molecule is CCn1c(C2CCN(C(=O)C3CCC(F)(F)C3)CC2)n[nH]c1=O. The van der Waals surface area contributed by atoms with E-state index in [1.807, 2.05) is 6.92 Å². The largest absolute Gasteiger partial charge is 0.343 e. The third-order valence-corrected chi connectivity index (χ3v) is 5.03. The number of nitrogens with one attached hydrogen (secondary N) is 1. The summed E-state index contributed by atoms with van der Waals surface area (Å²) in [5, 5.41) is 6.57. The van der Waals surface area contributed by atoms with Gasteiger partial charge in [0.05, 0.1) is 0 Å². The summed E-state index contributed by atoms with van der Waals surface area (Å²) in [4.78, 5) is 25.7. The molecule has 23 heavy (non-hydrogen) atoms. The third-order valence-electron chi connectivity index (χ3n) is 5.03. The normalized spacial score (nSPS) is 25.0. The van der Waals surface area contributed by atoms with Crippen LogP contribution in [0.2, 0.25) is 0 Å². The van der Waals surface area contributed by atoms with Gasteiger partial charge in [0.1, 0.15) is 5.82 Å². The average molecular weight is 328 g/mol. The van der Waals surface area contributed by atoms with Crippen molar-refractivity contribution in [3.05, 3.63) is 16.3 Å². The molecule has 2 heterocycles. The molecule has 2 aliphatic rings. The van der Waals surface area contributed by atoms with Crippen LogP contribution in [0.1, 0.15) is 50.8 Å². The fourth-order valence-corrected chi connectivity index (χ4v) is 3.72. The molecule has 1 saturated heterocycles. The van der Waals surface area contributed by atoms with E-state index in [1.54, 1.807) is 9.47 Å². The number of carbonyl (C=O) groups is 1. The maximum Gasteiger partial charge on any atom is 0.343 e. The highest BCUT2D eigenvalue weighted by molar-refractivity contribution is 5.79. The summed E-state index contributed by atoms with van der Waals surface area (Å²) in [7, 11) is 0. The number of hydrogen-bond acceptors (Lipinski definition) is 3. The van der Waals surface area contributed by atoms with Crippen LogP contribution < -0.4 is 5.69 Å². The van der Waals surface area contributed by atoms with E-state index in [-0.39, 0.29) is 36.8 Å². The summed E-state index contributed by atoms with van der Waals surface area (Å²) < 4.78 is 28.2. The van der Waals surface area contributed by atoms with Gasteiger partial charge < -0.3 is 4.90 Å². The van der Waals surface area contributed by atoms with Gasteiger partial charge in [-0.25, -0.2) is 18.7 Å². The van der Waals surface area contributed by atoms with Gasteiger partial charge in [0.2, 0.25) is 11.8 Å². The quantitative estimate of drug-likeness (QED) is 0.918. The molecular weight excluding hydrogens is 306 g/mol. The number of aromatic amines is 1. The predicted molar refractivity (Wildman–Crippen MR) is 79.4 cm³/mol. The van der Waals surface area contributed by atoms with Gasteiger partial charge in [-0.15, -0.1) is 0 Å². The molecule has 128 valence electrons. The monoisotopic (exact) mass is 328 g/mol. The van der Waals surface area contributed by atoms with Crippen molar-refractivity contribution in [2.45, 2.75) is 57.4 Å². The first-order chi connectivity index (χ1) is 10.9. The van der Waals surface area contributed by atoms with Crippen molar-refractivity contribution in [1.82, 2.24) is 19.7 Å². The molecule has 1 aromatic rings. The second-order valence-electron chi connectivity index (χ2n) is 6.53. The summed E-state index contributed by atoms with van der Waals surface area (Å²) >= 11 is 0. The van der Waals surface area contributed by atoms with Crippen molar-refractivity contribution in [3.8, 4) is 0 Å². The number of amides is 1. The Morgan fingerprint density at radius 3 is 2.61 bits per heavy atom. The fourth-order valence-electron chi connectivity index (χ4n) is 3.72. The Balaban J connectivity index is 1.60. The summed E-state index contributed by atoms with van der Waals surface area (Å²) in [6.45, 7) is 3.52. The molecule has 1 aromatic heterocycles. The molecule has 3 rings (SSSR count). The van der Waals surface area contributed by atoms with Gasteiger partial charge in [-0.1, -0.05) is 0 Å². The van der Waals surface area contributed by atoms with E-state index in [9.17, 15) is 18.4 Å². The summed E-state index contributed by atoms with van der Waals surface area (Å²) in [5.41, 5.74) is -0.214. The van der Waals surface area contributed by atoms with Crippen LogP contribution in [0.3, 0.4) is 0 Å². The minimum Gasteiger partial charge on any atom is -0.342 e. The number of piperidine rings is 1. The first kappa shape index (κ1) is 16.1. The Kier molecular flexibility index (Phi) is 4.25. The smallest absolute Gasteiger partial charge is 0.342 e. The second-order valence-corrected chi connectivity index (χ2v) is 6.53.